The average molecular weight is 285 g/mol. The summed E-state index contributed by atoms with van der Waals surface area (Å²) in [4.78, 5) is 13.0. The second-order valence-electron chi connectivity index (χ2n) is 5.83. The van der Waals surface area contributed by atoms with Crippen molar-refractivity contribution < 1.29 is 9.90 Å². The smallest absolute Gasteiger partial charge is 0.328 e. The van der Waals surface area contributed by atoms with Crippen molar-refractivity contribution in [3.8, 4) is 0 Å². The number of carboxylic acids is 1. The van der Waals surface area contributed by atoms with E-state index in [1.165, 1.54) is 24.0 Å². The number of hydrogen-bond donors (Lipinski definition) is 1. The Labute approximate surface area is 126 Å². The van der Waals surface area contributed by atoms with Gasteiger partial charge in [-0.1, -0.05) is 36.4 Å². The number of likely N-dealkylation sites (tertiary alicyclic amines) is 1. The third-order valence-electron chi connectivity index (χ3n) is 4.01. The van der Waals surface area contributed by atoms with Crippen LogP contribution in [0.4, 0.5) is 0 Å². The number of hydrogen-bond acceptors (Lipinski definition) is 2. The lowest BCUT2D eigenvalue weighted by Crippen LogP contribution is -2.35. The maximum absolute atomic E-state index is 10.5. The van der Waals surface area contributed by atoms with Gasteiger partial charge in [-0.2, -0.15) is 0 Å². The summed E-state index contributed by atoms with van der Waals surface area (Å²) < 4.78 is 0. The van der Waals surface area contributed by atoms with E-state index in [1.54, 1.807) is 6.08 Å². The van der Waals surface area contributed by atoms with E-state index >= 15 is 0 Å². The molecule has 1 heterocycles. The molecule has 1 N–H and O–H groups in total. The third-order valence-corrected chi connectivity index (χ3v) is 4.01. The Bertz CT molecular complexity index is 531. The first-order valence-corrected chi connectivity index (χ1v) is 7.42. The molecule has 1 aromatic carbocycles. The normalized spacial score (nSPS) is 19.8. The molecular weight excluding hydrogens is 262 g/mol. The Balaban J connectivity index is 1.94. The first-order valence-electron chi connectivity index (χ1n) is 7.42. The number of carboxylic acid groups (broad SMARTS) is 1. The van der Waals surface area contributed by atoms with Crippen LogP contribution in [0.2, 0.25) is 0 Å². The van der Waals surface area contributed by atoms with Crippen LogP contribution in [0, 0.1) is 5.92 Å². The fourth-order valence-corrected chi connectivity index (χ4v) is 2.76. The van der Waals surface area contributed by atoms with E-state index in [1.807, 2.05) is 12.1 Å². The minimum Gasteiger partial charge on any atom is -0.478 e. The third kappa shape index (κ3) is 4.87. The molecule has 1 unspecified atom stereocenters. The van der Waals surface area contributed by atoms with Crippen molar-refractivity contribution in [1.82, 2.24) is 4.90 Å². The summed E-state index contributed by atoms with van der Waals surface area (Å²) in [5.41, 5.74) is 3.47. The highest BCUT2D eigenvalue weighted by Gasteiger charge is 2.20. The molecule has 112 valence electrons. The van der Waals surface area contributed by atoms with Gasteiger partial charge in [-0.3, -0.25) is 4.90 Å². The predicted octanol–water partition coefficient (Wildman–Crippen LogP) is 3.57. The van der Waals surface area contributed by atoms with Crippen molar-refractivity contribution in [2.45, 2.75) is 26.3 Å². The zero-order chi connectivity index (χ0) is 15.2. The molecule has 0 saturated carbocycles. The van der Waals surface area contributed by atoms with Gasteiger partial charge in [0.2, 0.25) is 0 Å². The SMILES string of the molecule is C=C(C)C1CCCN(Cc2ccc(/C=C/C(=O)O)cc2)C1. The summed E-state index contributed by atoms with van der Waals surface area (Å²) >= 11 is 0. The van der Waals surface area contributed by atoms with E-state index in [-0.39, 0.29) is 0 Å². The molecule has 1 atom stereocenters. The summed E-state index contributed by atoms with van der Waals surface area (Å²) in [6, 6.07) is 8.09. The lowest BCUT2D eigenvalue weighted by atomic mass is 9.92. The van der Waals surface area contributed by atoms with Crippen LogP contribution in [-0.2, 0) is 11.3 Å². The Morgan fingerprint density at radius 3 is 2.76 bits per heavy atom. The molecule has 2 rings (SSSR count). The largest absolute Gasteiger partial charge is 0.478 e. The summed E-state index contributed by atoms with van der Waals surface area (Å²) in [5, 5.41) is 8.61. The molecule has 3 heteroatoms. The van der Waals surface area contributed by atoms with E-state index in [9.17, 15) is 4.79 Å². The highest BCUT2D eigenvalue weighted by atomic mass is 16.4. The molecule has 0 amide bonds. The molecule has 1 saturated heterocycles. The summed E-state index contributed by atoms with van der Waals surface area (Å²) in [7, 11) is 0. The van der Waals surface area contributed by atoms with Crippen LogP contribution in [0.5, 0.6) is 0 Å². The van der Waals surface area contributed by atoms with Gasteiger partial charge >= 0.3 is 5.97 Å². The van der Waals surface area contributed by atoms with Crippen molar-refractivity contribution in [2.75, 3.05) is 13.1 Å². The van der Waals surface area contributed by atoms with E-state index in [0.29, 0.717) is 5.92 Å². The maximum Gasteiger partial charge on any atom is 0.328 e. The molecule has 21 heavy (non-hydrogen) atoms. The molecule has 0 bridgehead atoms. The van der Waals surface area contributed by atoms with Crippen molar-refractivity contribution in [3.05, 3.63) is 53.6 Å². The van der Waals surface area contributed by atoms with Gasteiger partial charge in [-0.25, -0.2) is 4.79 Å². The van der Waals surface area contributed by atoms with Gasteiger partial charge in [0.15, 0.2) is 0 Å². The van der Waals surface area contributed by atoms with Crippen molar-refractivity contribution in [1.29, 1.82) is 0 Å². The lowest BCUT2D eigenvalue weighted by molar-refractivity contribution is -0.131. The van der Waals surface area contributed by atoms with Gasteiger partial charge in [0.05, 0.1) is 0 Å². The standard InChI is InChI=1S/C18H23NO2/c1-14(2)17-4-3-11-19(13-17)12-16-7-5-15(6-8-16)9-10-18(20)21/h5-10,17H,1,3-4,11-13H2,2H3,(H,20,21)/b10-9+. The van der Waals surface area contributed by atoms with Crippen LogP contribution in [0.3, 0.4) is 0 Å². The molecular formula is C18H23NO2. The molecule has 3 nitrogen and oxygen atoms in total. The van der Waals surface area contributed by atoms with Crippen LogP contribution < -0.4 is 0 Å². The highest BCUT2D eigenvalue weighted by Crippen LogP contribution is 2.23. The van der Waals surface area contributed by atoms with E-state index in [0.717, 1.165) is 31.3 Å². The van der Waals surface area contributed by atoms with Crippen LogP contribution >= 0.6 is 0 Å². The molecule has 0 aromatic heterocycles. The van der Waals surface area contributed by atoms with E-state index < -0.39 is 5.97 Å². The first kappa shape index (κ1) is 15.5. The summed E-state index contributed by atoms with van der Waals surface area (Å²) in [6.45, 7) is 9.39. The summed E-state index contributed by atoms with van der Waals surface area (Å²) in [6.07, 6.45) is 5.27. The first-order chi connectivity index (χ1) is 10.0. The zero-order valence-corrected chi connectivity index (χ0v) is 12.6. The monoisotopic (exact) mass is 285 g/mol. The maximum atomic E-state index is 10.5. The van der Waals surface area contributed by atoms with Crippen LogP contribution in [0.15, 0.2) is 42.5 Å². The molecule has 1 aliphatic heterocycles. The van der Waals surface area contributed by atoms with Crippen molar-refractivity contribution in [2.24, 2.45) is 5.92 Å². The minimum absolute atomic E-state index is 0.622. The Morgan fingerprint density at radius 2 is 2.14 bits per heavy atom. The van der Waals surface area contributed by atoms with Gasteiger partial charge in [-0.15, -0.1) is 0 Å². The van der Waals surface area contributed by atoms with Gasteiger partial charge in [-0.05, 0) is 49.4 Å². The fourth-order valence-electron chi connectivity index (χ4n) is 2.76. The lowest BCUT2D eigenvalue weighted by Gasteiger charge is -2.33. The number of piperidine rings is 1. The van der Waals surface area contributed by atoms with Crippen molar-refractivity contribution in [3.63, 3.8) is 0 Å². The Kier molecular flexibility index (Phi) is 5.34. The number of benzene rings is 1. The quantitative estimate of drug-likeness (QED) is 0.664. The predicted molar refractivity (Wildman–Crippen MR) is 85.9 cm³/mol. The number of rotatable bonds is 5. The van der Waals surface area contributed by atoms with Gasteiger partial charge in [0.25, 0.3) is 0 Å². The Morgan fingerprint density at radius 1 is 1.43 bits per heavy atom. The molecule has 0 radical (unpaired) electrons. The van der Waals surface area contributed by atoms with E-state index in [4.69, 9.17) is 5.11 Å². The van der Waals surface area contributed by atoms with Crippen LogP contribution in [0.25, 0.3) is 6.08 Å². The fraction of sp³-hybridized carbons (Fsp3) is 0.389. The number of carbonyl (C=O) groups is 1. The van der Waals surface area contributed by atoms with Gasteiger partial charge in [0.1, 0.15) is 0 Å². The minimum atomic E-state index is -0.918. The number of aliphatic carboxylic acids is 1. The Hall–Kier alpha value is -1.87. The average Bonchev–Trinajstić information content (AvgIpc) is 2.47. The summed E-state index contributed by atoms with van der Waals surface area (Å²) in [5.74, 6) is -0.297. The van der Waals surface area contributed by atoms with Gasteiger partial charge in [0, 0.05) is 19.2 Å². The zero-order valence-electron chi connectivity index (χ0n) is 12.6. The molecule has 0 aliphatic carbocycles. The number of nitrogens with zero attached hydrogens (tertiary/aromatic N) is 1. The van der Waals surface area contributed by atoms with Crippen LogP contribution in [-0.4, -0.2) is 29.1 Å². The van der Waals surface area contributed by atoms with Crippen molar-refractivity contribution >= 4 is 12.0 Å². The topological polar surface area (TPSA) is 40.5 Å². The second kappa shape index (κ2) is 7.23. The molecule has 1 aliphatic rings. The highest BCUT2D eigenvalue weighted by molar-refractivity contribution is 5.85. The molecule has 0 spiro atoms. The van der Waals surface area contributed by atoms with Crippen LogP contribution in [0.1, 0.15) is 30.9 Å². The second-order valence-corrected chi connectivity index (χ2v) is 5.83. The van der Waals surface area contributed by atoms with Gasteiger partial charge < -0.3 is 5.11 Å². The molecule has 1 fully saturated rings. The van der Waals surface area contributed by atoms with E-state index in [2.05, 4.69) is 30.5 Å². The molecule has 1 aromatic rings.